The molecule has 7 nitrogen and oxygen atoms in total. The van der Waals surface area contributed by atoms with Gasteiger partial charge >= 0.3 is 12.0 Å². The van der Waals surface area contributed by atoms with E-state index in [-0.39, 0.29) is 18.5 Å². The second-order valence-corrected chi connectivity index (χ2v) is 4.54. The Morgan fingerprint density at radius 2 is 1.68 bits per heavy atom. The number of carboxylic acids is 1. The maximum atomic E-state index is 12.2. The molecule has 0 aromatic rings. The van der Waals surface area contributed by atoms with Gasteiger partial charge < -0.3 is 19.8 Å². The Morgan fingerprint density at radius 1 is 1.11 bits per heavy atom. The van der Waals surface area contributed by atoms with Crippen LogP contribution in [0.3, 0.4) is 0 Å². The molecule has 0 aliphatic carbocycles. The van der Waals surface area contributed by atoms with Crippen LogP contribution >= 0.6 is 0 Å². The quantitative estimate of drug-likeness (QED) is 0.787. The predicted molar refractivity (Wildman–Crippen MR) is 68.7 cm³/mol. The van der Waals surface area contributed by atoms with Crippen LogP contribution in [0.5, 0.6) is 0 Å². The van der Waals surface area contributed by atoms with Crippen LogP contribution in [0.2, 0.25) is 0 Å². The van der Waals surface area contributed by atoms with Gasteiger partial charge in [-0.1, -0.05) is 0 Å². The third kappa shape index (κ3) is 4.42. The first-order valence-corrected chi connectivity index (χ1v) is 6.46. The standard InChI is InChI=1S/C12H21N3O4/c1-3-13(9-11(17)18)12(19)15-6-4-5-14(7-8-15)10(2)16/h3-9H2,1-2H3,(H,17,18). The summed E-state index contributed by atoms with van der Waals surface area (Å²) in [6, 6.07) is -0.268. The number of carboxylic acid groups (broad SMARTS) is 1. The Morgan fingerprint density at radius 3 is 2.21 bits per heavy atom. The second kappa shape index (κ2) is 6.96. The molecule has 0 bridgehead atoms. The summed E-state index contributed by atoms with van der Waals surface area (Å²) in [4.78, 5) is 38.8. The molecule has 1 N–H and O–H groups in total. The van der Waals surface area contributed by atoms with Crippen LogP contribution in [-0.4, -0.2) is 77.0 Å². The highest BCUT2D eigenvalue weighted by molar-refractivity contribution is 5.80. The second-order valence-electron chi connectivity index (χ2n) is 4.54. The third-order valence-corrected chi connectivity index (χ3v) is 3.19. The van der Waals surface area contributed by atoms with Crippen molar-refractivity contribution in [2.24, 2.45) is 0 Å². The van der Waals surface area contributed by atoms with Gasteiger partial charge in [0.25, 0.3) is 0 Å². The number of carbonyl (C=O) groups is 3. The van der Waals surface area contributed by atoms with Crippen LogP contribution in [0.15, 0.2) is 0 Å². The lowest BCUT2D eigenvalue weighted by Gasteiger charge is -2.28. The maximum absolute atomic E-state index is 12.2. The lowest BCUT2D eigenvalue weighted by molar-refractivity contribution is -0.137. The molecule has 0 saturated carbocycles. The molecule has 3 amide bonds. The van der Waals surface area contributed by atoms with Crippen molar-refractivity contribution in [2.45, 2.75) is 20.3 Å². The largest absolute Gasteiger partial charge is 0.480 e. The topological polar surface area (TPSA) is 81.2 Å². The molecule has 0 aromatic heterocycles. The molecule has 1 aliphatic rings. The summed E-state index contributed by atoms with van der Waals surface area (Å²) < 4.78 is 0. The fourth-order valence-electron chi connectivity index (χ4n) is 2.10. The number of hydrogen-bond donors (Lipinski definition) is 1. The molecule has 1 saturated heterocycles. The van der Waals surface area contributed by atoms with Gasteiger partial charge in [0, 0.05) is 39.6 Å². The minimum absolute atomic E-state index is 0.00665. The molecule has 0 spiro atoms. The molecule has 1 heterocycles. The Labute approximate surface area is 112 Å². The van der Waals surface area contributed by atoms with Gasteiger partial charge in [0.1, 0.15) is 6.54 Å². The van der Waals surface area contributed by atoms with Crippen LogP contribution in [0, 0.1) is 0 Å². The molecule has 108 valence electrons. The van der Waals surface area contributed by atoms with Crippen LogP contribution in [-0.2, 0) is 9.59 Å². The summed E-state index contributed by atoms with van der Waals surface area (Å²) in [5, 5.41) is 8.77. The van der Waals surface area contributed by atoms with E-state index in [1.54, 1.807) is 16.7 Å². The molecule has 0 aromatic carbocycles. The fraction of sp³-hybridized carbons (Fsp3) is 0.750. The summed E-state index contributed by atoms with van der Waals surface area (Å²) in [5.74, 6) is -1.01. The van der Waals surface area contributed by atoms with Gasteiger partial charge in [0.2, 0.25) is 5.91 Å². The van der Waals surface area contributed by atoms with E-state index in [9.17, 15) is 14.4 Å². The molecule has 0 radical (unpaired) electrons. The Kier molecular flexibility index (Phi) is 5.59. The Balaban J connectivity index is 2.61. The first-order chi connectivity index (χ1) is 8.95. The van der Waals surface area contributed by atoms with E-state index in [2.05, 4.69) is 0 Å². The smallest absolute Gasteiger partial charge is 0.323 e. The van der Waals surface area contributed by atoms with E-state index in [4.69, 9.17) is 5.11 Å². The van der Waals surface area contributed by atoms with Crippen molar-refractivity contribution < 1.29 is 19.5 Å². The average Bonchev–Trinajstić information content (AvgIpc) is 2.60. The number of urea groups is 1. The van der Waals surface area contributed by atoms with Crippen LogP contribution in [0.4, 0.5) is 4.79 Å². The molecule has 1 aliphatic heterocycles. The van der Waals surface area contributed by atoms with Crippen LogP contribution in [0.25, 0.3) is 0 Å². The Hall–Kier alpha value is -1.79. The summed E-state index contributed by atoms with van der Waals surface area (Å²) >= 11 is 0. The van der Waals surface area contributed by atoms with E-state index in [1.807, 2.05) is 0 Å². The van der Waals surface area contributed by atoms with E-state index in [0.29, 0.717) is 32.7 Å². The minimum atomic E-state index is -1.02. The summed E-state index contributed by atoms with van der Waals surface area (Å²) in [6.07, 6.45) is 0.718. The van der Waals surface area contributed by atoms with Gasteiger partial charge in [0.05, 0.1) is 0 Å². The number of amides is 3. The van der Waals surface area contributed by atoms with Crippen molar-refractivity contribution in [3.63, 3.8) is 0 Å². The highest BCUT2D eigenvalue weighted by Gasteiger charge is 2.24. The lowest BCUT2D eigenvalue weighted by atomic mass is 10.4. The van der Waals surface area contributed by atoms with Crippen molar-refractivity contribution in [2.75, 3.05) is 39.3 Å². The summed E-state index contributed by atoms with van der Waals surface area (Å²) in [7, 11) is 0. The Bertz CT molecular complexity index is 359. The number of aliphatic carboxylic acids is 1. The van der Waals surface area contributed by atoms with E-state index in [0.717, 1.165) is 6.42 Å². The van der Waals surface area contributed by atoms with Gasteiger partial charge in [-0.25, -0.2) is 4.79 Å². The predicted octanol–water partition coefficient (Wildman–Crippen LogP) is 0.0671. The molecule has 19 heavy (non-hydrogen) atoms. The molecular formula is C12H21N3O4. The maximum Gasteiger partial charge on any atom is 0.323 e. The average molecular weight is 271 g/mol. The fourth-order valence-corrected chi connectivity index (χ4v) is 2.10. The highest BCUT2D eigenvalue weighted by atomic mass is 16.4. The van der Waals surface area contributed by atoms with Gasteiger partial charge in [-0.15, -0.1) is 0 Å². The number of likely N-dealkylation sites (N-methyl/N-ethyl adjacent to an activating group) is 1. The van der Waals surface area contributed by atoms with Gasteiger partial charge in [0.15, 0.2) is 0 Å². The molecule has 1 fully saturated rings. The number of hydrogen-bond acceptors (Lipinski definition) is 3. The SMILES string of the molecule is CCN(CC(=O)O)C(=O)N1CCCN(C(C)=O)CC1. The van der Waals surface area contributed by atoms with Crippen LogP contribution < -0.4 is 0 Å². The van der Waals surface area contributed by atoms with Gasteiger partial charge in [-0.05, 0) is 13.3 Å². The number of rotatable bonds is 3. The molecular weight excluding hydrogens is 250 g/mol. The van der Waals surface area contributed by atoms with E-state index < -0.39 is 5.97 Å². The van der Waals surface area contributed by atoms with Crippen molar-refractivity contribution in [1.29, 1.82) is 0 Å². The van der Waals surface area contributed by atoms with Crippen molar-refractivity contribution in [1.82, 2.24) is 14.7 Å². The normalized spacial score (nSPS) is 15.9. The zero-order valence-corrected chi connectivity index (χ0v) is 11.5. The first kappa shape index (κ1) is 15.3. The summed E-state index contributed by atoms with van der Waals surface area (Å²) in [5.41, 5.74) is 0. The van der Waals surface area contributed by atoms with Crippen molar-refractivity contribution in [3.05, 3.63) is 0 Å². The van der Waals surface area contributed by atoms with Gasteiger partial charge in [-0.3, -0.25) is 9.59 Å². The summed E-state index contributed by atoms with van der Waals surface area (Å²) in [6.45, 7) is 5.49. The lowest BCUT2D eigenvalue weighted by Crippen LogP contribution is -2.46. The first-order valence-electron chi connectivity index (χ1n) is 6.46. The monoisotopic (exact) mass is 271 g/mol. The van der Waals surface area contributed by atoms with E-state index >= 15 is 0 Å². The molecule has 0 unspecified atom stereocenters. The molecule has 0 atom stereocenters. The highest BCUT2D eigenvalue weighted by Crippen LogP contribution is 2.07. The van der Waals surface area contributed by atoms with Gasteiger partial charge in [-0.2, -0.15) is 0 Å². The van der Waals surface area contributed by atoms with Crippen LogP contribution in [0.1, 0.15) is 20.3 Å². The van der Waals surface area contributed by atoms with E-state index in [1.165, 1.54) is 11.8 Å². The number of carbonyl (C=O) groups excluding carboxylic acids is 2. The third-order valence-electron chi connectivity index (χ3n) is 3.19. The zero-order valence-electron chi connectivity index (χ0n) is 11.5. The van der Waals surface area contributed by atoms with Crippen molar-refractivity contribution >= 4 is 17.9 Å². The van der Waals surface area contributed by atoms with Crippen molar-refractivity contribution in [3.8, 4) is 0 Å². The minimum Gasteiger partial charge on any atom is -0.480 e. The zero-order chi connectivity index (χ0) is 14.4. The molecule has 1 rings (SSSR count). The molecule has 7 heteroatoms. The number of nitrogens with zero attached hydrogens (tertiary/aromatic N) is 3.